The van der Waals surface area contributed by atoms with Gasteiger partial charge in [-0.1, -0.05) is 11.8 Å². The van der Waals surface area contributed by atoms with Crippen LogP contribution in [0, 0.1) is 11.2 Å². The number of fused-ring (bicyclic) bond motifs is 5. The average Bonchev–Trinajstić information content (AvgIpc) is 0.751. The summed E-state index contributed by atoms with van der Waals surface area (Å²) in [4.78, 5) is 251. The van der Waals surface area contributed by atoms with Gasteiger partial charge in [0.15, 0.2) is 12.0 Å². The van der Waals surface area contributed by atoms with Gasteiger partial charge >= 0.3 is 18.0 Å². The molecule has 0 unspecified atom stereocenters. The van der Waals surface area contributed by atoms with Gasteiger partial charge in [0.25, 0.3) is 11.7 Å². The molecule has 2 aromatic carbocycles. The molecule has 4 aliphatic heterocycles. The number of carboxylic acid groups (broad SMARTS) is 1. The Bertz CT molecular complexity index is 5170. The van der Waals surface area contributed by atoms with E-state index < -0.39 is 249 Å². The number of aryl methyl sites for hydroxylation is 1. The summed E-state index contributed by atoms with van der Waals surface area (Å²) < 4.78 is 27.0. The molecule has 0 saturated carbocycles. The van der Waals surface area contributed by atoms with Crippen LogP contribution in [0.3, 0.4) is 0 Å². The van der Waals surface area contributed by atoms with Crippen molar-refractivity contribution in [3.05, 3.63) is 69.4 Å². The molecule has 0 bridgehead atoms. The number of esters is 1. The van der Waals surface area contributed by atoms with Crippen molar-refractivity contribution in [3.8, 4) is 11.5 Å². The van der Waals surface area contributed by atoms with Crippen molar-refractivity contribution in [1.82, 2.24) is 93.7 Å². The van der Waals surface area contributed by atoms with Crippen LogP contribution in [0.4, 0.5) is 20.6 Å². The number of aromatic nitrogens is 2. The van der Waals surface area contributed by atoms with Crippen LogP contribution in [0.25, 0.3) is 28.0 Å². The first kappa shape index (κ1) is 105. The van der Waals surface area contributed by atoms with E-state index >= 15 is 4.39 Å². The number of amidine groups is 1. The number of piperazine rings is 1. The molecule has 52 nitrogen and oxygen atoms in total. The number of phenolic OH excluding ortho intramolecular Hbond substituents is 1. The molecule has 53 heteroatoms. The lowest BCUT2D eigenvalue weighted by Crippen LogP contribution is -2.83. The van der Waals surface area contributed by atoms with Crippen LogP contribution in [0.1, 0.15) is 120 Å². The Morgan fingerprint density at radius 1 is 0.701 bits per heavy atom. The third-order valence-corrected chi connectivity index (χ3v) is 21.7. The summed E-state index contributed by atoms with van der Waals surface area (Å²) in [7, 11) is 1.52. The first-order chi connectivity index (χ1) is 63.7. The van der Waals surface area contributed by atoms with Crippen molar-refractivity contribution in [1.29, 1.82) is 5.41 Å². The third kappa shape index (κ3) is 29.7. The number of aliphatic hydroxyl groups excluding tert-OH is 4. The molecule has 8 rings (SSSR count). The van der Waals surface area contributed by atoms with Crippen molar-refractivity contribution in [3.63, 3.8) is 0 Å². The van der Waals surface area contributed by atoms with E-state index in [1.54, 1.807) is 4.90 Å². The predicted octanol–water partition coefficient (Wildman–Crippen LogP) is -10.1. The maximum atomic E-state index is 15.5. The van der Waals surface area contributed by atoms with Crippen LogP contribution in [-0.4, -0.2) is 338 Å². The van der Waals surface area contributed by atoms with Gasteiger partial charge in [-0.05, 0) is 95.9 Å². The number of halogens is 1. The molecule has 15 amide bonds. The van der Waals surface area contributed by atoms with Gasteiger partial charge in [-0.25, -0.2) is 34.0 Å². The minimum absolute atomic E-state index is 0.00242. The number of amides is 15. The second kappa shape index (κ2) is 50.2. The minimum atomic E-state index is -2.02. The lowest BCUT2D eigenvalue weighted by atomic mass is 9.98. The number of hydrogen-bond acceptors (Lipinski definition) is 32. The largest absolute Gasteiger partial charge is 0.870 e. The van der Waals surface area contributed by atoms with E-state index in [0.29, 0.717) is 5.52 Å². The lowest BCUT2D eigenvalue weighted by molar-refractivity contribution is -0.463. The second-order valence-electron chi connectivity index (χ2n) is 31.6. The zero-order chi connectivity index (χ0) is 98.3. The monoisotopic (exact) mass is 1890 g/mol. The van der Waals surface area contributed by atoms with E-state index in [4.69, 9.17) is 20.6 Å². The number of rotatable bonds is 42. The van der Waals surface area contributed by atoms with E-state index in [1.165, 1.54) is 52.6 Å². The topological polar surface area (TPSA) is 765 Å². The molecule has 4 aromatic rings. The molecule has 11 atom stereocenters. The molecular formula is C81H110FN23O29. The predicted molar refractivity (Wildman–Crippen MR) is 459 cm³/mol. The van der Waals surface area contributed by atoms with Crippen molar-refractivity contribution in [2.75, 3.05) is 102 Å². The molecule has 25 N–H and O–H groups in total. The lowest BCUT2D eigenvalue weighted by Gasteiger charge is -2.35. The Kier molecular flexibility index (Phi) is 39.2. The fourth-order valence-corrected chi connectivity index (χ4v) is 14.6. The highest BCUT2D eigenvalue weighted by molar-refractivity contribution is 6.18. The molecule has 2 saturated heterocycles. The number of aromatic hydroxyl groups is 1. The van der Waals surface area contributed by atoms with Crippen LogP contribution in [0.2, 0.25) is 0 Å². The Balaban J connectivity index is 0.829. The molecule has 134 heavy (non-hydrogen) atoms. The highest BCUT2D eigenvalue weighted by Gasteiger charge is 2.46. The van der Waals surface area contributed by atoms with Crippen molar-refractivity contribution in [2.45, 2.75) is 170 Å². The highest BCUT2D eigenvalue weighted by atomic mass is 19.1. The van der Waals surface area contributed by atoms with Gasteiger partial charge in [-0.15, -0.1) is 0 Å². The second-order valence-corrected chi connectivity index (χ2v) is 31.6. The zero-order valence-corrected chi connectivity index (χ0v) is 73.1. The SMILES string of the molecule is C[C@@H](O)[C@H]1NC(=O)[C@H](CCCN(O)C=O)NC(=O)[C@@H](NC(=O)[C@H](CCCN(O)C=O)NC(=O)[C@@H](CO)NC(=O)[C@H](CCCNC(=N)N)NC(=O)[C@@H](CO)NC(=O)[C@@H]2CC[NH+]=C3C(NC(=O)CCC(=O)NCCNC(=O)CCC(=O)OCOC(=O)N4CCN(c5cc6nc7c(cc6cc5F)c(=O)c(C(=O)O)cn7C)CC4)=Cc4cc([O-])c(O)cc4N32)CCCCNC(=O)[C@@H]([C@@H](C)O)NC1=O. The van der Waals surface area contributed by atoms with E-state index in [-0.39, 0.29) is 191 Å². The maximum Gasteiger partial charge on any atom is 0.412 e. The van der Waals surface area contributed by atoms with Crippen molar-refractivity contribution < 1.29 is 147 Å². The molecular weight excluding hydrogens is 1780 g/mol. The summed E-state index contributed by atoms with van der Waals surface area (Å²) in [6.07, 6.45) is -5.29. The van der Waals surface area contributed by atoms with Gasteiger partial charge in [0, 0.05) is 121 Å². The molecule has 0 radical (unpaired) electrons. The van der Waals surface area contributed by atoms with Crippen LogP contribution in [0.5, 0.6) is 11.5 Å². The Morgan fingerprint density at radius 3 is 1.93 bits per heavy atom. The van der Waals surface area contributed by atoms with Gasteiger partial charge in [0.2, 0.25) is 90.0 Å². The number of nitrogens with two attached hydrogens (primary N) is 1. The number of phenols is 1. The number of ether oxygens (including phenoxy) is 2. The summed E-state index contributed by atoms with van der Waals surface area (Å²) in [5.41, 5.74) is 4.93. The van der Waals surface area contributed by atoms with Crippen LogP contribution >= 0.6 is 0 Å². The number of nitrogens with one attached hydrogen (secondary N) is 15. The number of aliphatic hydroxyl groups is 4. The van der Waals surface area contributed by atoms with Crippen molar-refractivity contribution >= 4 is 153 Å². The number of carbonyl (C=O) groups excluding carboxylic acids is 16. The van der Waals surface area contributed by atoms with E-state index in [2.05, 4.69) is 79.1 Å². The van der Waals surface area contributed by atoms with E-state index in [0.717, 1.165) is 25.3 Å². The first-order valence-corrected chi connectivity index (χ1v) is 42.6. The van der Waals surface area contributed by atoms with E-state index in [9.17, 15) is 132 Å². The van der Waals surface area contributed by atoms with E-state index in [1.807, 2.05) is 0 Å². The molecule has 0 spiro atoms. The van der Waals surface area contributed by atoms with Gasteiger partial charge in [-0.3, -0.25) is 97.5 Å². The normalized spacial score (nSPS) is 18.4. The van der Waals surface area contributed by atoms with Gasteiger partial charge in [0.1, 0.15) is 82.5 Å². The molecule has 4 aliphatic rings. The molecule has 2 aromatic heterocycles. The summed E-state index contributed by atoms with van der Waals surface area (Å²) in [5.74, 6) is -17.3. The summed E-state index contributed by atoms with van der Waals surface area (Å²) in [6, 6.07) is -9.56. The highest BCUT2D eigenvalue weighted by Crippen LogP contribution is 2.38. The van der Waals surface area contributed by atoms with Crippen LogP contribution in [-0.2, 0) is 88.4 Å². The number of nitrogens with zero attached hydrogens (tertiary/aromatic N) is 7. The smallest absolute Gasteiger partial charge is 0.412 e. The number of carbonyl (C=O) groups is 17. The number of carboxylic acids is 1. The van der Waals surface area contributed by atoms with Gasteiger partial charge < -0.3 is 134 Å². The number of guanidine groups is 1. The quantitative estimate of drug-likeness (QED) is 0.00225. The number of hydroxylamine groups is 4. The summed E-state index contributed by atoms with van der Waals surface area (Å²) >= 11 is 0. The van der Waals surface area contributed by atoms with Crippen LogP contribution < -0.4 is 100 Å². The average molecular weight is 1890 g/mol. The molecule has 0 aliphatic carbocycles. The molecule has 2 fully saturated rings. The Morgan fingerprint density at radius 2 is 1.30 bits per heavy atom. The summed E-state index contributed by atoms with van der Waals surface area (Å²) in [6.45, 7) is -1.85. The minimum Gasteiger partial charge on any atom is -0.870 e. The summed E-state index contributed by atoms with van der Waals surface area (Å²) in [5, 5.41) is 135. The zero-order valence-electron chi connectivity index (χ0n) is 73.1. The Labute approximate surface area is 761 Å². The maximum absolute atomic E-state index is 15.5. The number of anilines is 2. The third-order valence-electron chi connectivity index (χ3n) is 21.7. The van der Waals surface area contributed by atoms with Gasteiger partial charge in [-0.2, -0.15) is 0 Å². The van der Waals surface area contributed by atoms with Gasteiger partial charge in [0.05, 0.1) is 55.0 Å². The molecule has 6 heterocycles. The van der Waals surface area contributed by atoms with Crippen LogP contribution in [0.15, 0.2) is 47.0 Å². The first-order valence-electron chi connectivity index (χ1n) is 42.6. The fraction of sp³-hybridized carbons (Fsp3) is 0.519. The number of pyridine rings is 2. The number of benzene rings is 2. The standard InChI is InChI=1S/C81H110FN23O29/c1-41(110)65-77(126)88-18-5-4-9-48(70(119)93-51(12-8-24-104(132)39-109)73(122)98-66(42(2)111)78(127)99-65)92-71(120)50(11-7-23-103(131)38-108)95-74(123)54(36-106)96-72(121)49(10-6-19-89-80(83)84)94-75(124)55(37-107)97-76(125)56-17-20-87-69-53(31-44-32-59(112)60(113)34-57(44)105(56)69)90-63(116)14-13-61(114)85-21-22-86-62(115)15-16-64(117)133-40-134-81(130)102-27-25-101(26-28-102)58-33-52-43(30-47(58)82)29-45-67(118)46(79(128)129)35-100(3)68(45)91-52/h29-35,38-39,41-42,48-51,54-56,65-66,106-107,110-113,131-132H,4-28,36-37,40H2,1-3H3,(H,85,114)(H,86,115)(H,88,126)(H,90,116)(H,92,120)(H,93,119)(H,94,124)(H,95,123)(H,96,121)(H,97,125)(H,98,122)(H,99,127)(H,128,129)(H4,83,84,89)/t41-,42-,48+,49+,50+,51+,54-,55-,56+,65-,66-/m1/s1. The fourth-order valence-electron chi connectivity index (χ4n) is 14.6. The van der Waals surface area contributed by atoms with Crippen molar-refractivity contribution in [2.24, 2.45) is 12.8 Å². The number of aromatic carboxylic acids is 1. The number of hydrogen-bond donors (Lipinski definition) is 24. The molecule has 730 valence electrons. The Hall–Kier alpha value is -14.6.